The van der Waals surface area contributed by atoms with Crippen LogP contribution in [0.15, 0.2) is 71.9 Å². The number of sulfone groups is 1. The third-order valence-electron chi connectivity index (χ3n) is 7.39. The van der Waals surface area contributed by atoms with Crippen molar-refractivity contribution in [2.24, 2.45) is 5.92 Å². The lowest BCUT2D eigenvalue weighted by molar-refractivity contribution is -0.274. The molecule has 1 N–H and O–H groups in total. The number of aliphatic hydroxyl groups excluding tert-OH is 1. The molecule has 0 bridgehead atoms. The van der Waals surface area contributed by atoms with Crippen LogP contribution in [0.4, 0.5) is 26.3 Å². The molecule has 2 heterocycles. The quantitative estimate of drug-likeness (QED) is 0.171. The number of ether oxygens (including phenoxy) is 1. The minimum atomic E-state index is -4.90. The van der Waals surface area contributed by atoms with Gasteiger partial charge in [-0.2, -0.15) is 8.78 Å². The average Bonchev–Trinajstić information content (AvgIpc) is 3.63. The van der Waals surface area contributed by atoms with E-state index in [0.717, 1.165) is 24.5 Å². The van der Waals surface area contributed by atoms with Crippen LogP contribution in [0.5, 0.6) is 5.75 Å². The van der Waals surface area contributed by atoms with Crippen molar-refractivity contribution >= 4 is 9.84 Å². The van der Waals surface area contributed by atoms with E-state index in [9.17, 15) is 26.7 Å². The predicted octanol–water partition coefficient (Wildman–Crippen LogP) is 6.78. The van der Waals surface area contributed by atoms with Crippen LogP contribution in [0.1, 0.15) is 30.9 Å². The van der Waals surface area contributed by atoms with Gasteiger partial charge in [0.1, 0.15) is 23.1 Å². The number of benzene rings is 3. The Bertz CT molecular complexity index is 2060. The molecule has 5 aromatic rings. The Hall–Kier alpha value is -4.70. The van der Waals surface area contributed by atoms with Crippen LogP contribution in [0.3, 0.4) is 0 Å². The van der Waals surface area contributed by atoms with E-state index in [2.05, 4.69) is 20.0 Å². The first-order valence-corrected chi connectivity index (χ1v) is 15.8. The van der Waals surface area contributed by atoms with Gasteiger partial charge in [0.05, 0.1) is 34.8 Å². The largest absolute Gasteiger partial charge is 0.573 e. The van der Waals surface area contributed by atoms with Crippen LogP contribution < -0.4 is 4.74 Å². The summed E-state index contributed by atoms with van der Waals surface area (Å²) in [5.74, 6) is -5.60. The standard InChI is InChI=1S/C31H27F6N5O4S/c1-17(2)30(33,34)29-15-41(18(3)39-29)25-10-7-20(21-11-24(32)23(16-43)28(13-21)47(4,44)45)12-26(25)42-27(14-38-40-42)19-5-8-22(9-6-19)46-31(35,36)37/h5-15,17,43H,16H2,1-4H3. The molecule has 0 radical (unpaired) electrons. The van der Waals surface area contributed by atoms with Gasteiger partial charge in [-0.05, 0) is 66.6 Å². The van der Waals surface area contributed by atoms with Gasteiger partial charge in [-0.15, -0.1) is 18.3 Å². The van der Waals surface area contributed by atoms with Gasteiger partial charge in [0.2, 0.25) is 0 Å². The van der Waals surface area contributed by atoms with E-state index in [1.54, 1.807) is 0 Å². The lowest BCUT2D eigenvalue weighted by atomic mass is 10.0. The smallest absolute Gasteiger partial charge is 0.406 e. The number of aryl methyl sites for hydroxylation is 1. The van der Waals surface area contributed by atoms with E-state index in [1.807, 2.05) is 0 Å². The van der Waals surface area contributed by atoms with Crippen molar-refractivity contribution in [3.63, 3.8) is 0 Å². The van der Waals surface area contributed by atoms with Gasteiger partial charge in [-0.3, -0.25) is 0 Å². The Morgan fingerprint density at radius 2 is 1.60 bits per heavy atom. The number of hydrogen-bond acceptors (Lipinski definition) is 7. The van der Waals surface area contributed by atoms with Gasteiger partial charge in [0, 0.05) is 29.5 Å². The van der Waals surface area contributed by atoms with Crippen LogP contribution in [-0.4, -0.2) is 50.7 Å². The minimum absolute atomic E-state index is 0.109. The minimum Gasteiger partial charge on any atom is -0.406 e. The van der Waals surface area contributed by atoms with E-state index in [-0.39, 0.29) is 34.0 Å². The molecule has 0 atom stereocenters. The molecule has 0 amide bonds. The van der Waals surface area contributed by atoms with Crippen LogP contribution in [-0.2, 0) is 22.4 Å². The van der Waals surface area contributed by atoms with Crippen LogP contribution >= 0.6 is 0 Å². The van der Waals surface area contributed by atoms with Crippen molar-refractivity contribution in [3.05, 3.63) is 89.9 Å². The maximum Gasteiger partial charge on any atom is 0.573 e. The van der Waals surface area contributed by atoms with Gasteiger partial charge in [-0.25, -0.2) is 22.5 Å². The summed E-state index contributed by atoms with van der Waals surface area (Å²) in [6, 6.07) is 11.6. The number of aliphatic hydroxyl groups is 1. The zero-order valence-electron chi connectivity index (χ0n) is 25.2. The van der Waals surface area contributed by atoms with Gasteiger partial charge in [0.25, 0.3) is 5.92 Å². The second-order valence-electron chi connectivity index (χ2n) is 11.0. The number of nitrogens with zero attached hydrogens (tertiary/aromatic N) is 5. The van der Waals surface area contributed by atoms with E-state index in [4.69, 9.17) is 0 Å². The van der Waals surface area contributed by atoms with Crippen molar-refractivity contribution in [2.45, 2.75) is 44.6 Å². The molecular formula is C31H27F6N5O4S. The Morgan fingerprint density at radius 3 is 2.19 bits per heavy atom. The number of aromatic nitrogens is 5. The molecule has 248 valence electrons. The zero-order chi connectivity index (χ0) is 34.5. The molecule has 47 heavy (non-hydrogen) atoms. The molecule has 0 fully saturated rings. The molecule has 0 aliphatic rings. The number of rotatable bonds is 9. The maximum atomic E-state index is 15.1. The van der Waals surface area contributed by atoms with Crippen LogP contribution in [0.25, 0.3) is 33.8 Å². The van der Waals surface area contributed by atoms with Gasteiger partial charge in [0.15, 0.2) is 9.84 Å². The number of halogens is 6. The highest BCUT2D eigenvalue weighted by atomic mass is 32.2. The molecule has 0 saturated carbocycles. The van der Waals surface area contributed by atoms with E-state index < -0.39 is 62.4 Å². The predicted molar refractivity (Wildman–Crippen MR) is 158 cm³/mol. The maximum absolute atomic E-state index is 15.1. The molecular weight excluding hydrogens is 652 g/mol. The van der Waals surface area contributed by atoms with Crippen LogP contribution in [0.2, 0.25) is 0 Å². The first kappa shape index (κ1) is 33.7. The zero-order valence-corrected chi connectivity index (χ0v) is 26.0. The van der Waals surface area contributed by atoms with Crippen molar-refractivity contribution < 1.29 is 44.6 Å². The lowest BCUT2D eigenvalue weighted by Crippen LogP contribution is -2.21. The molecule has 3 aromatic carbocycles. The number of alkyl halides is 5. The molecule has 2 aromatic heterocycles. The molecule has 0 aliphatic carbocycles. The van der Waals surface area contributed by atoms with Crippen molar-refractivity contribution in [1.82, 2.24) is 24.5 Å². The topological polar surface area (TPSA) is 112 Å². The lowest BCUT2D eigenvalue weighted by Gasteiger charge is -2.18. The summed E-state index contributed by atoms with van der Waals surface area (Å²) in [7, 11) is -3.98. The summed E-state index contributed by atoms with van der Waals surface area (Å²) in [6.07, 6.45) is -1.53. The Morgan fingerprint density at radius 1 is 0.936 bits per heavy atom. The number of hydrogen-bond donors (Lipinski definition) is 1. The SMILES string of the molecule is Cc1nc(C(F)(F)C(C)C)cn1-c1ccc(-c2cc(F)c(CO)c(S(C)(=O)=O)c2)cc1-n1nncc1-c1ccc(OC(F)(F)F)cc1. The fourth-order valence-electron chi connectivity index (χ4n) is 4.95. The highest BCUT2D eigenvalue weighted by Gasteiger charge is 2.39. The normalized spacial score (nSPS) is 12.6. The third kappa shape index (κ3) is 6.74. The average molecular weight is 680 g/mol. The summed E-state index contributed by atoms with van der Waals surface area (Å²) < 4.78 is 115. The Labute approximate surface area is 265 Å². The molecule has 9 nitrogen and oxygen atoms in total. The summed E-state index contributed by atoms with van der Waals surface area (Å²) in [5.41, 5.74) is 0.576. The Kier molecular flexibility index (Phi) is 8.70. The fraction of sp³-hybridized carbons (Fsp3) is 0.258. The molecule has 16 heteroatoms. The van der Waals surface area contributed by atoms with E-state index in [1.165, 1.54) is 78.8 Å². The summed E-state index contributed by atoms with van der Waals surface area (Å²) in [6.45, 7) is 3.36. The van der Waals surface area contributed by atoms with Crippen molar-refractivity contribution in [1.29, 1.82) is 0 Å². The van der Waals surface area contributed by atoms with Crippen molar-refractivity contribution in [3.8, 4) is 39.5 Å². The van der Waals surface area contributed by atoms with Gasteiger partial charge < -0.3 is 14.4 Å². The van der Waals surface area contributed by atoms with E-state index >= 15 is 13.2 Å². The molecule has 0 aliphatic heterocycles. The summed E-state index contributed by atoms with van der Waals surface area (Å²) in [5, 5.41) is 17.7. The Balaban J connectivity index is 1.73. The third-order valence-corrected chi connectivity index (χ3v) is 8.55. The highest BCUT2D eigenvalue weighted by Crippen LogP contribution is 2.38. The molecule has 0 unspecified atom stereocenters. The first-order chi connectivity index (χ1) is 21.9. The summed E-state index contributed by atoms with van der Waals surface area (Å²) >= 11 is 0. The fourth-order valence-corrected chi connectivity index (χ4v) is 5.90. The second kappa shape index (κ2) is 12.2. The molecule has 0 spiro atoms. The van der Waals surface area contributed by atoms with Crippen molar-refractivity contribution in [2.75, 3.05) is 6.26 Å². The van der Waals surface area contributed by atoms with E-state index in [0.29, 0.717) is 5.56 Å². The van der Waals surface area contributed by atoms with Crippen LogP contribution in [0, 0.1) is 18.7 Å². The number of imidazole rings is 1. The van der Waals surface area contributed by atoms with Gasteiger partial charge >= 0.3 is 6.36 Å². The van der Waals surface area contributed by atoms with Gasteiger partial charge in [-0.1, -0.05) is 25.1 Å². The molecule has 0 saturated heterocycles. The highest BCUT2D eigenvalue weighted by molar-refractivity contribution is 7.90. The monoisotopic (exact) mass is 679 g/mol. The second-order valence-corrected chi connectivity index (χ2v) is 13.0. The molecule has 5 rings (SSSR count). The summed E-state index contributed by atoms with van der Waals surface area (Å²) in [4.78, 5) is 3.67. The first-order valence-electron chi connectivity index (χ1n) is 13.9.